The molecule has 33 heavy (non-hydrogen) atoms. The van der Waals surface area contributed by atoms with Gasteiger partial charge in [0.1, 0.15) is 0 Å². The number of nitrogens with one attached hydrogen (secondary N) is 2. The minimum absolute atomic E-state index is 0.178. The van der Waals surface area contributed by atoms with Gasteiger partial charge in [0, 0.05) is 31.3 Å². The fourth-order valence-electron chi connectivity index (χ4n) is 3.67. The number of hydrogen-bond donors (Lipinski definition) is 2. The minimum Gasteiger partial charge on any atom is -0.378 e. The summed E-state index contributed by atoms with van der Waals surface area (Å²) in [6.45, 7) is 3.81. The fourth-order valence-corrected chi connectivity index (χ4v) is 3.67. The summed E-state index contributed by atoms with van der Waals surface area (Å²) in [4.78, 5) is 43.0. The van der Waals surface area contributed by atoms with Crippen LogP contribution in [0.3, 0.4) is 0 Å². The van der Waals surface area contributed by atoms with Crippen LogP contribution in [0, 0.1) is 6.92 Å². The van der Waals surface area contributed by atoms with Crippen molar-refractivity contribution in [3.63, 3.8) is 0 Å². The van der Waals surface area contributed by atoms with Crippen LogP contribution in [-0.4, -0.2) is 59.8 Å². The lowest BCUT2D eigenvalue weighted by Crippen LogP contribution is -2.47. The second-order valence-corrected chi connectivity index (χ2v) is 7.71. The normalized spacial score (nSPS) is 13.5. The first-order chi connectivity index (χ1) is 16.0. The van der Waals surface area contributed by atoms with E-state index in [0.717, 1.165) is 26.9 Å². The summed E-state index contributed by atoms with van der Waals surface area (Å²) in [5.41, 5.74) is 6.71. The molecule has 0 radical (unpaired) electrons. The second-order valence-electron chi connectivity index (χ2n) is 7.71. The molecule has 9 nitrogen and oxygen atoms in total. The van der Waals surface area contributed by atoms with E-state index < -0.39 is 5.56 Å². The number of rotatable bonds is 4. The van der Waals surface area contributed by atoms with Crippen LogP contribution in [0.2, 0.25) is 0 Å². The lowest BCUT2D eigenvalue weighted by atomic mass is 9.95. The van der Waals surface area contributed by atoms with Crippen molar-refractivity contribution in [2.75, 3.05) is 38.8 Å². The molecule has 3 amide bonds. The predicted octanol–water partition coefficient (Wildman–Crippen LogP) is 2.24. The standard InChI is InChI=1S/C24H25N5O4/c1-16-6-7-19(17-4-3-5-18(13-17)23(31)25-2)20(12-16)21-15-29(22(30)14-26-21)27-24(32)28-8-10-33-11-9-28/h3-7,12-15H,8-11H2,1-2H3,(H,25,31)(H,27,32). The highest BCUT2D eigenvalue weighted by Crippen LogP contribution is 2.32. The number of carbonyl (C=O) groups excluding carboxylic acids is 2. The quantitative estimate of drug-likeness (QED) is 0.638. The van der Waals surface area contributed by atoms with Crippen molar-refractivity contribution in [1.82, 2.24) is 19.9 Å². The maximum absolute atomic E-state index is 12.6. The highest BCUT2D eigenvalue weighted by molar-refractivity contribution is 5.96. The van der Waals surface area contributed by atoms with Crippen LogP contribution >= 0.6 is 0 Å². The number of urea groups is 1. The Bertz CT molecular complexity index is 1250. The Balaban J connectivity index is 1.72. The molecule has 1 saturated heterocycles. The number of carbonyl (C=O) groups is 2. The van der Waals surface area contributed by atoms with Crippen LogP contribution in [-0.2, 0) is 4.74 Å². The molecule has 1 aromatic heterocycles. The molecule has 4 rings (SSSR count). The van der Waals surface area contributed by atoms with Gasteiger partial charge < -0.3 is 15.0 Å². The van der Waals surface area contributed by atoms with Gasteiger partial charge in [-0.05, 0) is 36.2 Å². The molecular weight excluding hydrogens is 422 g/mol. The van der Waals surface area contributed by atoms with Gasteiger partial charge in [-0.3, -0.25) is 9.59 Å². The molecule has 0 bridgehead atoms. The third kappa shape index (κ3) is 4.93. The molecule has 0 unspecified atom stereocenters. The number of aryl methyl sites for hydroxylation is 1. The molecule has 0 atom stereocenters. The van der Waals surface area contributed by atoms with E-state index >= 15 is 0 Å². The Hall–Kier alpha value is -3.98. The zero-order chi connectivity index (χ0) is 23.4. The van der Waals surface area contributed by atoms with Crippen LogP contribution in [0.1, 0.15) is 15.9 Å². The molecular formula is C24H25N5O4. The molecule has 1 aliphatic rings. The predicted molar refractivity (Wildman–Crippen MR) is 125 cm³/mol. The number of benzene rings is 2. The lowest BCUT2D eigenvalue weighted by Gasteiger charge is -2.27. The number of amides is 3. The van der Waals surface area contributed by atoms with Crippen LogP contribution < -0.4 is 16.3 Å². The summed E-state index contributed by atoms with van der Waals surface area (Å²) >= 11 is 0. The van der Waals surface area contributed by atoms with Gasteiger partial charge in [-0.1, -0.05) is 29.8 Å². The van der Waals surface area contributed by atoms with E-state index in [-0.39, 0.29) is 11.9 Å². The van der Waals surface area contributed by atoms with Crippen LogP contribution in [0.25, 0.3) is 22.4 Å². The first-order valence-corrected chi connectivity index (χ1v) is 10.6. The van der Waals surface area contributed by atoms with Crippen molar-refractivity contribution < 1.29 is 14.3 Å². The van der Waals surface area contributed by atoms with E-state index in [1.165, 1.54) is 12.4 Å². The molecule has 0 spiro atoms. The zero-order valence-corrected chi connectivity index (χ0v) is 18.5. The SMILES string of the molecule is CNC(=O)c1cccc(-c2ccc(C)cc2-c2cn(NC(=O)N3CCOCC3)c(=O)cn2)c1. The Kier molecular flexibility index (Phi) is 6.50. The Labute approximate surface area is 191 Å². The number of morpholine rings is 1. The monoisotopic (exact) mass is 447 g/mol. The molecule has 1 aliphatic heterocycles. The van der Waals surface area contributed by atoms with Gasteiger partial charge in [-0.25, -0.2) is 19.9 Å². The van der Waals surface area contributed by atoms with Crippen molar-refractivity contribution in [2.45, 2.75) is 6.92 Å². The van der Waals surface area contributed by atoms with Gasteiger partial charge in [0.2, 0.25) is 0 Å². The number of hydrogen-bond acceptors (Lipinski definition) is 5. The molecule has 2 aromatic carbocycles. The van der Waals surface area contributed by atoms with Gasteiger partial charge in [-0.2, -0.15) is 0 Å². The van der Waals surface area contributed by atoms with Crippen molar-refractivity contribution in [3.05, 3.63) is 76.3 Å². The molecule has 170 valence electrons. The van der Waals surface area contributed by atoms with E-state index in [2.05, 4.69) is 15.7 Å². The van der Waals surface area contributed by atoms with Gasteiger partial charge >= 0.3 is 6.03 Å². The number of ether oxygens (including phenoxy) is 1. The average molecular weight is 447 g/mol. The van der Waals surface area contributed by atoms with E-state index in [1.54, 1.807) is 18.0 Å². The van der Waals surface area contributed by atoms with Gasteiger partial charge in [0.25, 0.3) is 11.5 Å². The molecule has 2 heterocycles. The number of aromatic nitrogens is 2. The highest BCUT2D eigenvalue weighted by atomic mass is 16.5. The summed E-state index contributed by atoms with van der Waals surface area (Å²) < 4.78 is 6.42. The summed E-state index contributed by atoms with van der Waals surface area (Å²) in [6.07, 6.45) is 2.70. The third-order valence-electron chi connectivity index (χ3n) is 5.43. The van der Waals surface area contributed by atoms with Crippen molar-refractivity contribution in [3.8, 4) is 22.4 Å². The Morgan fingerprint density at radius 2 is 1.85 bits per heavy atom. The van der Waals surface area contributed by atoms with Gasteiger partial charge in [0.15, 0.2) is 0 Å². The van der Waals surface area contributed by atoms with Gasteiger partial charge in [-0.15, -0.1) is 0 Å². The molecule has 1 fully saturated rings. The average Bonchev–Trinajstić information content (AvgIpc) is 2.85. The lowest BCUT2D eigenvalue weighted by molar-refractivity contribution is 0.0558. The van der Waals surface area contributed by atoms with E-state index in [1.807, 2.05) is 43.3 Å². The smallest absolute Gasteiger partial charge is 0.336 e. The summed E-state index contributed by atoms with van der Waals surface area (Å²) in [5, 5.41) is 2.63. The second kappa shape index (κ2) is 9.66. The van der Waals surface area contributed by atoms with Gasteiger partial charge in [0.05, 0.1) is 31.3 Å². The van der Waals surface area contributed by atoms with Crippen molar-refractivity contribution in [2.24, 2.45) is 0 Å². The Morgan fingerprint density at radius 1 is 1.06 bits per heavy atom. The molecule has 0 saturated carbocycles. The first kappa shape index (κ1) is 22.2. The summed E-state index contributed by atoms with van der Waals surface area (Å²) in [6, 6.07) is 12.8. The zero-order valence-electron chi connectivity index (χ0n) is 18.5. The largest absolute Gasteiger partial charge is 0.378 e. The van der Waals surface area contributed by atoms with Crippen LogP contribution in [0.4, 0.5) is 4.79 Å². The summed E-state index contributed by atoms with van der Waals surface area (Å²) in [7, 11) is 1.59. The fraction of sp³-hybridized carbons (Fsp3) is 0.250. The molecule has 2 N–H and O–H groups in total. The topological polar surface area (TPSA) is 106 Å². The summed E-state index contributed by atoms with van der Waals surface area (Å²) in [5.74, 6) is -0.178. The third-order valence-corrected chi connectivity index (χ3v) is 5.43. The Morgan fingerprint density at radius 3 is 2.61 bits per heavy atom. The minimum atomic E-state index is -0.448. The first-order valence-electron chi connectivity index (χ1n) is 10.6. The van der Waals surface area contributed by atoms with Crippen LogP contribution in [0.15, 0.2) is 59.7 Å². The maximum Gasteiger partial charge on any atom is 0.336 e. The van der Waals surface area contributed by atoms with E-state index in [9.17, 15) is 14.4 Å². The van der Waals surface area contributed by atoms with E-state index in [4.69, 9.17) is 4.74 Å². The van der Waals surface area contributed by atoms with Crippen molar-refractivity contribution in [1.29, 1.82) is 0 Å². The van der Waals surface area contributed by atoms with Crippen molar-refractivity contribution >= 4 is 11.9 Å². The molecule has 0 aliphatic carbocycles. The number of nitrogens with zero attached hydrogens (tertiary/aromatic N) is 3. The highest BCUT2D eigenvalue weighted by Gasteiger charge is 2.18. The maximum atomic E-state index is 12.6. The van der Waals surface area contributed by atoms with E-state index in [0.29, 0.717) is 37.6 Å². The molecule has 3 aromatic rings. The van der Waals surface area contributed by atoms with Crippen LogP contribution in [0.5, 0.6) is 0 Å². The molecule has 9 heteroatoms.